The Morgan fingerprint density at radius 2 is 0.977 bits per heavy atom. The Labute approximate surface area is 248 Å². The monoisotopic (exact) mass is 547 g/mol. The van der Waals surface area contributed by atoms with Crippen LogP contribution in [0.1, 0.15) is 0 Å². The van der Waals surface area contributed by atoms with Crippen LogP contribution in [0.4, 0.5) is 0 Å². The van der Waals surface area contributed by atoms with Gasteiger partial charge in [-0.05, 0) is 68.1 Å². The molecule has 0 saturated carbocycles. The standard InChI is InChI=1S/C40H25N3/c1-2-10-30-23-40-35(22-29(30)9-1)34-13-5-6-15-38(34)43(40)39-21-20-33(36-24-41-42-25-37(36)39)28-18-16-27(17-19-28)32-14-7-11-26-8-3-4-12-31(26)32/h1-25H. The summed E-state index contributed by atoms with van der Waals surface area (Å²) in [6, 6.07) is 50.3. The topological polar surface area (TPSA) is 30.7 Å². The summed E-state index contributed by atoms with van der Waals surface area (Å²) in [5, 5.41) is 18.3. The van der Waals surface area contributed by atoms with Crippen molar-refractivity contribution in [3.8, 4) is 27.9 Å². The summed E-state index contributed by atoms with van der Waals surface area (Å²) >= 11 is 0. The van der Waals surface area contributed by atoms with Gasteiger partial charge in [0.2, 0.25) is 0 Å². The zero-order chi connectivity index (χ0) is 28.3. The van der Waals surface area contributed by atoms with Crippen LogP contribution >= 0.6 is 0 Å². The second-order valence-electron chi connectivity index (χ2n) is 11.1. The third-order valence-corrected chi connectivity index (χ3v) is 8.78. The maximum atomic E-state index is 4.35. The number of rotatable bonds is 3. The fraction of sp³-hybridized carbons (Fsp3) is 0. The van der Waals surface area contributed by atoms with Crippen molar-refractivity contribution in [3.05, 3.63) is 152 Å². The third kappa shape index (κ3) is 3.68. The fourth-order valence-corrected chi connectivity index (χ4v) is 6.75. The highest BCUT2D eigenvalue weighted by Crippen LogP contribution is 2.39. The molecule has 2 heterocycles. The summed E-state index contributed by atoms with van der Waals surface area (Å²) in [4.78, 5) is 0. The molecule has 0 aliphatic heterocycles. The molecule has 0 atom stereocenters. The van der Waals surface area contributed by atoms with Gasteiger partial charge in [0, 0.05) is 21.5 Å². The Bertz CT molecular complexity index is 2500. The second kappa shape index (κ2) is 9.37. The highest BCUT2D eigenvalue weighted by molar-refractivity contribution is 6.15. The lowest BCUT2D eigenvalue weighted by Crippen LogP contribution is -1.97. The maximum Gasteiger partial charge on any atom is 0.0596 e. The molecular formula is C40H25N3. The molecule has 0 fully saturated rings. The first-order valence-electron chi connectivity index (χ1n) is 14.6. The molecule has 0 spiro atoms. The van der Waals surface area contributed by atoms with Crippen LogP contribution in [0.15, 0.2) is 152 Å². The fourth-order valence-electron chi connectivity index (χ4n) is 6.75. The van der Waals surface area contributed by atoms with Gasteiger partial charge in [-0.1, -0.05) is 115 Å². The van der Waals surface area contributed by atoms with Gasteiger partial charge in [0.05, 0.1) is 29.1 Å². The first-order valence-corrected chi connectivity index (χ1v) is 14.6. The zero-order valence-corrected chi connectivity index (χ0v) is 23.3. The van der Waals surface area contributed by atoms with Crippen molar-refractivity contribution in [1.82, 2.24) is 14.8 Å². The van der Waals surface area contributed by atoms with Crippen LogP contribution in [-0.2, 0) is 0 Å². The predicted molar refractivity (Wildman–Crippen MR) is 180 cm³/mol. The molecule has 0 N–H and O–H groups in total. The van der Waals surface area contributed by atoms with Gasteiger partial charge in [-0.2, -0.15) is 10.2 Å². The molecule has 43 heavy (non-hydrogen) atoms. The molecule has 2 aromatic heterocycles. The quantitative estimate of drug-likeness (QED) is 0.220. The molecular weight excluding hydrogens is 522 g/mol. The third-order valence-electron chi connectivity index (χ3n) is 8.78. The van der Waals surface area contributed by atoms with E-state index in [0.29, 0.717) is 0 Å². The number of aromatic nitrogens is 3. The largest absolute Gasteiger partial charge is 0.309 e. The Hall–Kier alpha value is -5.80. The van der Waals surface area contributed by atoms with E-state index < -0.39 is 0 Å². The minimum Gasteiger partial charge on any atom is -0.309 e. The Morgan fingerprint density at radius 3 is 1.77 bits per heavy atom. The summed E-state index contributed by atoms with van der Waals surface area (Å²) < 4.78 is 2.38. The molecule has 3 heteroatoms. The van der Waals surface area contributed by atoms with Crippen molar-refractivity contribution in [2.75, 3.05) is 0 Å². The SMILES string of the molecule is c1ccc2cc3c(cc2c1)c1ccccc1n3-c1ccc(-c2ccc(-c3cccc4ccccc34)cc2)c2cnncc12. The van der Waals surface area contributed by atoms with Crippen LogP contribution < -0.4 is 0 Å². The zero-order valence-electron chi connectivity index (χ0n) is 23.3. The summed E-state index contributed by atoms with van der Waals surface area (Å²) in [6.07, 6.45) is 3.80. The molecule has 200 valence electrons. The van der Waals surface area contributed by atoms with E-state index in [1.165, 1.54) is 54.5 Å². The van der Waals surface area contributed by atoms with Crippen molar-refractivity contribution in [3.63, 3.8) is 0 Å². The predicted octanol–water partition coefficient (Wildman–Crippen LogP) is 10.4. The normalized spacial score (nSPS) is 11.7. The van der Waals surface area contributed by atoms with E-state index in [9.17, 15) is 0 Å². The van der Waals surface area contributed by atoms with Crippen LogP contribution in [0.2, 0.25) is 0 Å². The molecule has 0 bridgehead atoms. The minimum absolute atomic E-state index is 1.07. The van der Waals surface area contributed by atoms with Gasteiger partial charge >= 0.3 is 0 Å². The van der Waals surface area contributed by atoms with Crippen molar-refractivity contribution in [2.45, 2.75) is 0 Å². The highest BCUT2D eigenvalue weighted by atomic mass is 15.1. The lowest BCUT2D eigenvalue weighted by Gasteiger charge is -2.15. The van der Waals surface area contributed by atoms with Crippen LogP contribution in [0.3, 0.4) is 0 Å². The Morgan fingerprint density at radius 1 is 0.372 bits per heavy atom. The molecule has 0 saturated heterocycles. The van der Waals surface area contributed by atoms with Crippen molar-refractivity contribution < 1.29 is 0 Å². The molecule has 0 aliphatic rings. The molecule has 7 aromatic carbocycles. The number of nitrogens with zero attached hydrogens (tertiary/aromatic N) is 3. The Kier molecular flexibility index (Phi) is 5.20. The van der Waals surface area contributed by atoms with E-state index in [2.05, 4.69) is 154 Å². The number of fused-ring (bicyclic) bond motifs is 6. The first-order chi connectivity index (χ1) is 21.3. The summed E-state index contributed by atoms with van der Waals surface area (Å²) in [7, 11) is 0. The van der Waals surface area contributed by atoms with Crippen molar-refractivity contribution in [2.24, 2.45) is 0 Å². The van der Waals surface area contributed by atoms with Crippen molar-refractivity contribution in [1.29, 1.82) is 0 Å². The van der Waals surface area contributed by atoms with Gasteiger partial charge in [-0.3, -0.25) is 0 Å². The summed E-state index contributed by atoms with van der Waals surface area (Å²) in [5.74, 6) is 0. The van der Waals surface area contributed by atoms with Gasteiger partial charge in [-0.25, -0.2) is 0 Å². The van der Waals surface area contributed by atoms with Crippen LogP contribution in [0.5, 0.6) is 0 Å². The molecule has 0 unspecified atom stereocenters. The van der Waals surface area contributed by atoms with Crippen LogP contribution in [0.25, 0.3) is 82.1 Å². The number of benzene rings is 7. The van der Waals surface area contributed by atoms with E-state index >= 15 is 0 Å². The van der Waals surface area contributed by atoms with E-state index in [1.54, 1.807) is 0 Å². The summed E-state index contributed by atoms with van der Waals surface area (Å²) in [5.41, 5.74) is 8.21. The van der Waals surface area contributed by atoms with E-state index in [4.69, 9.17) is 0 Å². The van der Waals surface area contributed by atoms with E-state index in [0.717, 1.165) is 27.6 Å². The second-order valence-corrected chi connectivity index (χ2v) is 11.1. The van der Waals surface area contributed by atoms with Gasteiger partial charge < -0.3 is 4.57 Å². The average molecular weight is 548 g/mol. The van der Waals surface area contributed by atoms with Crippen molar-refractivity contribution >= 4 is 54.1 Å². The van der Waals surface area contributed by atoms with E-state index in [-0.39, 0.29) is 0 Å². The van der Waals surface area contributed by atoms with Gasteiger partial charge in [0.15, 0.2) is 0 Å². The lowest BCUT2D eigenvalue weighted by atomic mass is 9.94. The maximum absolute atomic E-state index is 4.35. The number of hydrogen-bond donors (Lipinski definition) is 0. The average Bonchev–Trinajstić information content (AvgIpc) is 3.39. The van der Waals surface area contributed by atoms with E-state index in [1.807, 2.05) is 12.4 Å². The van der Waals surface area contributed by atoms with Gasteiger partial charge in [0.1, 0.15) is 0 Å². The lowest BCUT2D eigenvalue weighted by molar-refractivity contribution is 1.05. The molecule has 0 radical (unpaired) electrons. The number of para-hydroxylation sites is 1. The van der Waals surface area contributed by atoms with Gasteiger partial charge in [-0.15, -0.1) is 0 Å². The highest BCUT2D eigenvalue weighted by Gasteiger charge is 2.17. The smallest absolute Gasteiger partial charge is 0.0596 e. The summed E-state index contributed by atoms with van der Waals surface area (Å²) in [6.45, 7) is 0. The van der Waals surface area contributed by atoms with Gasteiger partial charge in [0.25, 0.3) is 0 Å². The van der Waals surface area contributed by atoms with Crippen LogP contribution in [0, 0.1) is 0 Å². The molecule has 0 amide bonds. The Balaban J connectivity index is 1.23. The first kappa shape index (κ1) is 23.9. The number of hydrogen-bond acceptors (Lipinski definition) is 2. The molecule has 9 aromatic rings. The van der Waals surface area contributed by atoms with Crippen LogP contribution in [-0.4, -0.2) is 14.8 Å². The molecule has 9 rings (SSSR count). The molecule has 0 aliphatic carbocycles. The molecule has 3 nitrogen and oxygen atoms in total. The minimum atomic E-state index is 1.07.